The first-order chi connectivity index (χ1) is 8.65. The third kappa shape index (κ3) is 5.85. The van der Waals surface area contributed by atoms with Crippen LogP contribution in [0.2, 0.25) is 0 Å². The summed E-state index contributed by atoms with van der Waals surface area (Å²) in [5.41, 5.74) is 0. The molecule has 1 aliphatic carbocycles. The van der Waals surface area contributed by atoms with Gasteiger partial charge in [0.25, 0.3) is 0 Å². The molecule has 1 fully saturated rings. The molecule has 1 rings (SSSR count). The van der Waals surface area contributed by atoms with Crippen LogP contribution in [0.1, 0.15) is 65.7 Å². The lowest BCUT2D eigenvalue weighted by atomic mass is 9.83. The van der Waals surface area contributed by atoms with E-state index in [-0.39, 0.29) is 11.9 Å². The van der Waals surface area contributed by atoms with Crippen molar-refractivity contribution in [3.05, 3.63) is 0 Å². The molecule has 18 heavy (non-hydrogen) atoms. The number of rotatable bonds is 7. The Morgan fingerprint density at radius 1 is 1.22 bits per heavy atom. The zero-order valence-electron chi connectivity index (χ0n) is 12.3. The summed E-state index contributed by atoms with van der Waals surface area (Å²) in [5.74, 6) is 1.12. The Morgan fingerprint density at radius 3 is 2.44 bits per heavy atom. The minimum Gasteiger partial charge on any atom is -0.353 e. The number of nitrogens with one attached hydrogen (secondary N) is 2. The van der Waals surface area contributed by atoms with Gasteiger partial charge in [-0.25, -0.2) is 0 Å². The lowest BCUT2D eigenvalue weighted by Gasteiger charge is -2.29. The lowest BCUT2D eigenvalue weighted by molar-refractivity contribution is -0.122. The van der Waals surface area contributed by atoms with Crippen molar-refractivity contribution >= 4 is 5.91 Å². The van der Waals surface area contributed by atoms with Gasteiger partial charge in [-0.2, -0.15) is 0 Å². The van der Waals surface area contributed by atoms with Gasteiger partial charge in [-0.3, -0.25) is 4.79 Å². The Morgan fingerprint density at radius 2 is 1.89 bits per heavy atom. The van der Waals surface area contributed by atoms with Crippen LogP contribution in [0.5, 0.6) is 0 Å². The highest BCUT2D eigenvalue weighted by Gasteiger charge is 2.22. The summed E-state index contributed by atoms with van der Waals surface area (Å²) in [6, 6.07) is 0.714. The number of hydrogen-bond acceptors (Lipinski definition) is 2. The van der Waals surface area contributed by atoms with E-state index in [2.05, 4.69) is 31.4 Å². The molecule has 106 valence electrons. The molecule has 0 saturated heterocycles. The van der Waals surface area contributed by atoms with Gasteiger partial charge in [-0.1, -0.05) is 26.7 Å². The van der Waals surface area contributed by atoms with Gasteiger partial charge in [0.2, 0.25) is 5.91 Å². The molecule has 0 heterocycles. The summed E-state index contributed by atoms with van der Waals surface area (Å²) in [6.45, 7) is 7.33. The fraction of sp³-hybridized carbons (Fsp3) is 0.933. The van der Waals surface area contributed by atoms with Crippen molar-refractivity contribution in [3.8, 4) is 0 Å². The van der Waals surface area contributed by atoms with Crippen molar-refractivity contribution in [1.82, 2.24) is 10.6 Å². The predicted molar refractivity (Wildman–Crippen MR) is 76.6 cm³/mol. The van der Waals surface area contributed by atoms with Crippen LogP contribution in [0.15, 0.2) is 0 Å². The lowest BCUT2D eigenvalue weighted by Crippen LogP contribution is -2.40. The third-order valence-corrected chi connectivity index (χ3v) is 3.95. The topological polar surface area (TPSA) is 41.1 Å². The van der Waals surface area contributed by atoms with Crippen LogP contribution in [0.4, 0.5) is 0 Å². The third-order valence-electron chi connectivity index (χ3n) is 3.95. The molecule has 1 atom stereocenters. The van der Waals surface area contributed by atoms with Crippen LogP contribution in [-0.4, -0.2) is 24.5 Å². The maximum atomic E-state index is 11.9. The molecule has 1 amide bonds. The standard InChI is InChI=1S/C15H30N2O/c1-4-6-13-7-9-14(10-8-13)17-15(18)11-12(3)16-5-2/h12-14,16H,4-11H2,1-3H3,(H,17,18). The van der Waals surface area contributed by atoms with Crippen LogP contribution in [0.3, 0.4) is 0 Å². The first-order valence-corrected chi connectivity index (χ1v) is 7.68. The van der Waals surface area contributed by atoms with Gasteiger partial charge in [0.15, 0.2) is 0 Å². The van der Waals surface area contributed by atoms with E-state index in [0.717, 1.165) is 12.5 Å². The van der Waals surface area contributed by atoms with Gasteiger partial charge in [-0.15, -0.1) is 0 Å². The molecule has 0 spiro atoms. The average Bonchev–Trinajstić information content (AvgIpc) is 2.32. The maximum absolute atomic E-state index is 11.9. The van der Waals surface area contributed by atoms with Gasteiger partial charge in [0.05, 0.1) is 0 Å². The monoisotopic (exact) mass is 254 g/mol. The number of hydrogen-bond donors (Lipinski definition) is 2. The van der Waals surface area contributed by atoms with Crippen molar-refractivity contribution in [2.45, 2.75) is 77.8 Å². The molecule has 1 aliphatic rings. The number of carbonyl (C=O) groups excluding carboxylic acids is 1. The highest BCUT2D eigenvalue weighted by atomic mass is 16.1. The Bertz CT molecular complexity index is 235. The maximum Gasteiger partial charge on any atom is 0.221 e. The summed E-state index contributed by atoms with van der Waals surface area (Å²) in [6.07, 6.45) is 8.18. The van der Waals surface area contributed by atoms with E-state index >= 15 is 0 Å². The van der Waals surface area contributed by atoms with Crippen molar-refractivity contribution in [2.75, 3.05) is 6.54 Å². The van der Waals surface area contributed by atoms with Gasteiger partial charge in [0, 0.05) is 18.5 Å². The average molecular weight is 254 g/mol. The van der Waals surface area contributed by atoms with Gasteiger partial charge >= 0.3 is 0 Å². The molecule has 2 N–H and O–H groups in total. The number of amides is 1. The van der Waals surface area contributed by atoms with Crippen molar-refractivity contribution in [1.29, 1.82) is 0 Å². The molecular weight excluding hydrogens is 224 g/mol. The van der Waals surface area contributed by atoms with Gasteiger partial charge < -0.3 is 10.6 Å². The molecule has 0 bridgehead atoms. The zero-order chi connectivity index (χ0) is 13.4. The van der Waals surface area contributed by atoms with Gasteiger partial charge in [-0.05, 0) is 45.1 Å². The number of carbonyl (C=O) groups is 1. The molecule has 3 heteroatoms. The summed E-state index contributed by atoms with van der Waals surface area (Å²) < 4.78 is 0. The quantitative estimate of drug-likeness (QED) is 0.733. The molecule has 0 aromatic rings. The Balaban J connectivity index is 2.18. The van der Waals surface area contributed by atoms with E-state index in [0.29, 0.717) is 12.5 Å². The van der Waals surface area contributed by atoms with Crippen LogP contribution in [0.25, 0.3) is 0 Å². The van der Waals surface area contributed by atoms with E-state index in [1.54, 1.807) is 0 Å². The largest absolute Gasteiger partial charge is 0.353 e. The van der Waals surface area contributed by atoms with Crippen LogP contribution < -0.4 is 10.6 Å². The normalized spacial score (nSPS) is 25.7. The summed E-state index contributed by atoms with van der Waals surface area (Å²) >= 11 is 0. The van der Waals surface area contributed by atoms with E-state index < -0.39 is 0 Å². The highest BCUT2D eigenvalue weighted by Crippen LogP contribution is 2.27. The molecule has 1 unspecified atom stereocenters. The molecule has 3 nitrogen and oxygen atoms in total. The van der Waals surface area contributed by atoms with Gasteiger partial charge in [0.1, 0.15) is 0 Å². The van der Waals surface area contributed by atoms with Crippen molar-refractivity contribution in [2.24, 2.45) is 5.92 Å². The Hall–Kier alpha value is -0.570. The Labute approximate surface area is 112 Å². The minimum atomic E-state index is 0.211. The van der Waals surface area contributed by atoms with Crippen molar-refractivity contribution < 1.29 is 4.79 Å². The fourth-order valence-corrected chi connectivity index (χ4v) is 2.99. The second-order valence-electron chi connectivity index (χ2n) is 5.74. The van der Waals surface area contributed by atoms with Crippen LogP contribution in [0, 0.1) is 5.92 Å². The van der Waals surface area contributed by atoms with Crippen LogP contribution in [-0.2, 0) is 4.79 Å². The summed E-state index contributed by atoms with van der Waals surface area (Å²) in [7, 11) is 0. The highest BCUT2D eigenvalue weighted by molar-refractivity contribution is 5.76. The van der Waals surface area contributed by atoms with E-state index in [1.807, 2.05) is 0 Å². The second kappa shape index (κ2) is 8.52. The fourth-order valence-electron chi connectivity index (χ4n) is 2.99. The predicted octanol–water partition coefficient (Wildman–Crippen LogP) is 2.85. The molecule has 1 saturated carbocycles. The smallest absolute Gasteiger partial charge is 0.221 e. The first-order valence-electron chi connectivity index (χ1n) is 7.68. The SMILES string of the molecule is CCCC1CCC(NC(=O)CC(C)NCC)CC1. The minimum absolute atomic E-state index is 0.211. The Kier molecular flexibility index (Phi) is 7.33. The molecule has 0 aromatic heterocycles. The second-order valence-corrected chi connectivity index (χ2v) is 5.74. The zero-order valence-corrected chi connectivity index (χ0v) is 12.3. The van der Waals surface area contributed by atoms with E-state index in [9.17, 15) is 4.79 Å². The van der Waals surface area contributed by atoms with Crippen LogP contribution >= 0.6 is 0 Å². The summed E-state index contributed by atoms with van der Waals surface area (Å²) in [5, 5.41) is 6.47. The van der Waals surface area contributed by atoms with E-state index in [1.165, 1.54) is 38.5 Å². The van der Waals surface area contributed by atoms with Crippen molar-refractivity contribution in [3.63, 3.8) is 0 Å². The first kappa shape index (κ1) is 15.5. The molecule has 0 aliphatic heterocycles. The van der Waals surface area contributed by atoms with E-state index in [4.69, 9.17) is 0 Å². The molecular formula is C15H30N2O. The molecule has 0 radical (unpaired) electrons. The molecule has 0 aromatic carbocycles. The summed E-state index contributed by atoms with van der Waals surface area (Å²) in [4.78, 5) is 11.9.